The molecule has 0 fully saturated rings. The van der Waals surface area contributed by atoms with Gasteiger partial charge in [0.1, 0.15) is 0 Å². The van der Waals surface area contributed by atoms with Crippen molar-refractivity contribution in [1.29, 1.82) is 0 Å². The van der Waals surface area contributed by atoms with Gasteiger partial charge in [-0.25, -0.2) is 0 Å². The molecule has 1 atom stereocenters. The molecular formula is C17H20N2. The third-order valence-electron chi connectivity index (χ3n) is 4.28. The van der Waals surface area contributed by atoms with Crippen molar-refractivity contribution < 1.29 is 0 Å². The molecule has 2 heteroatoms. The van der Waals surface area contributed by atoms with Gasteiger partial charge in [-0.1, -0.05) is 30.7 Å². The molecule has 3 rings (SSSR count). The molecule has 2 N–H and O–H groups in total. The van der Waals surface area contributed by atoms with Crippen LogP contribution < -0.4 is 5.73 Å². The van der Waals surface area contributed by atoms with Gasteiger partial charge in [-0.3, -0.25) is 4.98 Å². The van der Waals surface area contributed by atoms with E-state index in [4.69, 9.17) is 5.73 Å². The number of nitrogens with zero attached hydrogens (tertiary/aromatic N) is 1. The first kappa shape index (κ1) is 12.4. The van der Waals surface area contributed by atoms with Gasteiger partial charge in [0.05, 0.1) is 5.54 Å². The minimum Gasteiger partial charge on any atom is -0.318 e. The third-order valence-corrected chi connectivity index (χ3v) is 4.28. The second-order valence-corrected chi connectivity index (χ2v) is 5.53. The molecule has 0 bridgehead atoms. The molecule has 2 nitrogen and oxygen atoms in total. The highest BCUT2D eigenvalue weighted by Crippen LogP contribution is 2.38. The Morgan fingerprint density at radius 3 is 2.79 bits per heavy atom. The Balaban J connectivity index is 2.20. The predicted octanol–water partition coefficient (Wildman–Crippen LogP) is 3.32. The van der Waals surface area contributed by atoms with Crippen molar-refractivity contribution >= 4 is 0 Å². The molecule has 0 saturated carbocycles. The number of pyridine rings is 1. The number of aromatic nitrogens is 1. The Labute approximate surface area is 114 Å². The number of hydrogen-bond donors (Lipinski definition) is 1. The molecule has 0 spiro atoms. The van der Waals surface area contributed by atoms with Crippen LogP contribution in [-0.4, -0.2) is 4.98 Å². The van der Waals surface area contributed by atoms with Gasteiger partial charge in [0.15, 0.2) is 0 Å². The Morgan fingerprint density at radius 1 is 1.11 bits per heavy atom. The monoisotopic (exact) mass is 252 g/mol. The van der Waals surface area contributed by atoms with Crippen LogP contribution in [0.2, 0.25) is 0 Å². The lowest BCUT2D eigenvalue weighted by molar-refractivity contribution is 0.476. The van der Waals surface area contributed by atoms with Gasteiger partial charge in [0, 0.05) is 12.4 Å². The summed E-state index contributed by atoms with van der Waals surface area (Å²) in [6, 6.07) is 10.7. The summed E-state index contributed by atoms with van der Waals surface area (Å²) >= 11 is 0. The molecule has 98 valence electrons. The molecular weight excluding hydrogens is 232 g/mol. The quantitative estimate of drug-likeness (QED) is 0.791. The van der Waals surface area contributed by atoms with Crippen molar-refractivity contribution in [2.75, 3.05) is 0 Å². The van der Waals surface area contributed by atoms with Crippen LogP contribution in [0.4, 0.5) is 0 Å². The van der Waals surface area contributed by atoms with E-state index in [1.807, 2.05) is 12.4 Å². The normalized spacial score (nSPS) is 22.6. The summed E-state index contributed by atoms with van der Waals surface area (Å²) in [4.78, 5) is 4.29. The van der Waals surface area contributed by atoms with Gasteiger partial charge >= 0.3 is 0 Å². The average molecular weight is 252 g/mol. The molecule has 19 heavy (non-hydrogen) atoms. The Bertz CT molecular complexity index is 591. The number of hydrogen-bond acceptors (Lipinski definition) is 2. The predicted molar refractivity (Wildman–Crippen MR) is 77.9 cm³/mol. The van der Waals surface area contributed by atoms with Crippen molar-refractivity contribution in [3.05, 3.63) is 65.0 Å². The van der Waals surface area contributed by atoms with Crippen molar-refractivity contribution in [2.45, 2.75) is 38.1 Å². The van der Waals surface area contributed by atoms with E-state index in [0.29, 0.717) is 0 Å². The average Bonchev–Trinajstić information content (AvgIpc) is 2.60. The van der Waals surface area contributed by atoms with Crippen LogP contribution in [0.1, 0.15) is 41.5 Å². The molecule has 0 aliphatic heterocycles. The van der Waals surface area contributed by atoms with Crippen LogP contribution in [0, 0.1) is 6.92 Å². The molecule has 1 aromatic heterocycles. The van der Waals surface area contributed by atoms with Crippen LogP contribution in [0.15, 0.2) is 42.7 Å². The van der Waals surface area contributed by atoms with Crippen molar-refractivity contribution in [2.24, 2.45) is 5.73 Å². The second kappa shape index (κ2) is 4.78. The lowest BCUT2D eigenvalue weighted by Crippen LogP contribution is -2.39. The van der Waals surface area contributed by atoms with E-state index >= 15 is 0 Å². The van der Waals surface area contributed by atoms with Crippen LogP contribution in [0.25, 0.3) is 0 Å². The molecule has 1 unspecified atom stereocenters. The summed E-state index contributed by atoms with van der Waals surface area (Å²) in [5.74, 6) is 0. The molecule has 0 radical (unpaired) electrons. The fraction of sp³-hybridized carbons (Fsp3) is 0.353. The Morgan fingerprint density at radius 2 is 1.95 bits per heavy atom. The molecule has 1 aliphatic rings. The molecule has 1 aliphatic carbocycles. The van der Waals surface area contributed by atoms with Gasteiger partial charge in [-0.2, -0.15) is 0 Å². The number of rotatable bonds is 1. The van der Waals surface area contributed by atoms with E-state index in [1.165, 1.54) is 35.1 Å². The molecule has 0 saturated heterocycles. The minimum absolute atomic E-state index is 0.383. The molecule has 1 heterocycles. The fourth-order valence-corrected chi connectivity index (χ4v) is 3.24. The number of benzene rings is 1. The summed E-state index contributed by atoms with van der Waals surface area (Å²) in [5, 5.41) is 0. The van der Waals surface area contributed by atoms with E-state index in [0.717, 1.165) is 12.8 Å². The molecule has 1 aromatic carbocycles. The topological polar surface area (TPSA) is 38.9 Å². The van der Waals surface area contributed by atoms with Crippen molar-refractivity contribution in [3.63, 3.8) is 0 Å². The SMILES string of the molecule is Cc1ccncc1C1(N)CCCCc2ccccc21. The summed E-state index contributed by atoms with van der Waals surface area (Å²) in [6.45, 7) is 2.12. The van der Waals surface area contributed by atoms with Crippen molar-refractivity contribution in [1.82, 2.24) is 4.98 Å². The maximum Gasteiger partial charge on any atom is 0.0685 e. The van der Waals surface area contributed by atoms with Gasteiger partial charge in [-0.05, 0) is 54.5 Å². The number of nitrogens with two attached hydrogens (primary N) is 1. The largest absolute Gasteiger partial charge is 0.318 e. The van der Waals surface area contributed by atoms with Gasteiger partial charge in [-0.15, -0.1) is 0 Å². The van der Waals surface area contributed by atoms with E-state index < -0.39 is 0 Å². The van der Waals surface area contributed by atoms with E-state index in [9.17, 15) is 0 Å². The Kier molecular flexibility index (Phi) is 3.11. The second-order valence-electron chi connectivity index (χ2n) is 5.53. The smallest absolute Gasteiger partial charge is 0.0685 e. The van der Waals surface area contributed by atoms with Gasteiger partial charge < -0.3 is 5.73 Å². The van der Waals surface area contributed by atoms with E-state index in [-0.39, 0.29) is 5.54 Å². The third kappa shape index (κ3) is 2.06. The maximum atomic E-state index is 6.85. The lowest BCUT2D eigenvalue weighted by Gasteiger charge is -2.32. The molecule has 0 amide bonds. The lowest BCUT2D eigenvalue weighted by atomic mass is 9.78. The first-order valence-electron chi connectivity index (χ1n) is 7.00. The van der Waals surface area contributed by atoms with Crippen LogP contribution in [0.3, 0.4) is 0 Å². The summed E-state index contributed by atoms with van der Waals surface area (Å²) in [6.07, 6.45) is 8.29. The number of aryl methyl sites for hydroxylation is 2. The first-order valence-corrected chi connectivity index (χ1v) is 7.00. The minimum atomic E-state index is -0.383. The zero-order valence-electron chi connectivity index (χ0n) is 11.4. The van der Waals surface area contributed by atoms with Gasteiger partial charge in [0.25, 0.3) is 0 Å². The van der Waals surface area contributed by atoms with Gasteiger partial charge in [0.2, 0.25) is 0 Å². The summed E-state index contributed by atoms with van der Waals surface area (Å²) < 4.78 is 0. The highest BCUT2D eigenvalue weighted by atomic mass is 14.8. The standard InChI is InChI=1S/C17H20N2/c1-13-9-11-19-12-16(13)17(18)10-5-4-7-14-6-2-3-8-15(14)17/h2-3,6,8-9,11-12H,4-5,7,10,18H2,1H3. The van der Waals surface area contributed by atoms with E-state index in [1.54, 1.807) is 0 Å². The van der Waals surface area contributed by atoms with E-state index in [2.05, 4.69) is 42.2 Å². The first-order chi connectivity index (χ1) is 9.22. The number of fused-ring (bicyclic) bond motifs is 1. The maximum absolute atomic E-state index is 6.85. The van der Waals surface area contributed by atoms with Crippen LogP contribution in [-0.2, 0) is 12.0 Å². The van der Waals surface area contributed by atoms with Crippen LogP contribution >= 0.6 is 0 Å². The van der Waals surface area contributed by atoms with Crippen LogP contribution in [0.5, 0.6) is 0 Å². The van der Waals surface area contributed by atoms with Crippen molar-refractivity contribution in [3.8, 4) is 0 Å². The highest BCUT2D eigenvalue weighted by Gasteiger charge is 2.34. The summed E-state index contributed by atoms with van der Waals surface area (Å²) in [5.41, 5.74) is 11.5. The fourth-order valence-electron chi connectivity index (χ4n) is 3.24. The highest BCUT2D eigenvalue weighted by molar-refractivity contribution is 5.45. The Hall–Kier alpha value is -1.67. The zero-order chi connectivity index (χ0) is 13.3. The summed E-state index contributed by atoms with van der Waals surface area (Å²) in [7, 11) is 0. The zero-order valence-corrected chi connectivity index (χ0v) is 11.4. The molecule has 2 aromatic rings.